The van der Waals surface area contributed by atoms with Gasteiger partial charge in [0, 0.05) is 18.3 Å². The predicted octanol–water partition coefficient (Wildman–Crippen LogP) is 1.95. The van der Waals surface area contributed by atoms with E-state index < -0.39 is 0 Å². The molecule has 0 radical (unpaired) electrons. The van der Waals surface area contributed by atoms with Crippen LogP contribution in [0.4, 0.5) is 0 Å². The lowest BCUT2D eigenvalue weighted by Gasteiger charge is -2.32. The van der Waals surface area contributed by atoms with Gasteiger partial charge in [-0.2, -0.15) is 10.2 Å². The molecule has 1 aliphatic heterocycles. The van der Waals surface area contributed by atoms with Crippen molar-refractivity contribution >= 4 is 5.91 Å². The van der Waals surface area contributed by atoms with Gasteiger partial charge in [-0.3, -0.25) is 4.79 Å². The van der Waals surface area contributed by atoms with Crippen molar-refractivity contribution in [3.63, 3.8) is 0 Å². The average molecular weight is 320 g/mol. The Labute approximate surface area is 139 Å². The molecular weight excluding hydrogens is 304 g/mol. The van der Waals surface area contributed by atoms with E-state index in [9.17, 15) is 4.79 Å². The number of fused-ring (bicyclic) bond motifs is 1. The summed E-state index contributed by atoms with van der Waals surface area (Å²) in [6, 6.07) is 13.1. The first-order valence-corrected chi connectivity index (χ1v) is 7.83. The molecule has 0 aliphatic carbocycles. The molecule has 3 aromatic rings. The number of amides is 1. The van der Waals surface area contributed by atoms with Crippen molar-refractivity contribution in [3.8, 4) is 11.4 Å². The van der Waals surface area contributed by atoms with Crippen LogP contribution in [0.25, 0.3) is 11.4 Å². The van der Waals surface area contributed by atoms with E-state index in [1.807, 2.05) is 41.9 Å². The first-order chi connectivity index (χ1) is 11.7. The first kappa shape index (κ1) is 14.5. The highest BCUT2D eigenvalue weighted by atomic mass is 16.2. The van der Waals surface area contributed by atoms with Crippen LogP contribution in [0.3, 0.4) is 0 Å². The topological polar surface area (TPSA) is 76.8 Å². The molecule has 0 unspecified atom stereocenters. The molecular formula is C17H16N6O. The van der Waals surface area contributed by atoms with E-state index >= 15 is 0 Å². The summed E-state index contributed by atoms with van der Waals surface area (Å²) in [4.78, 5) is 19.1. The second kappa shape index (κ2) is 5.84. The summed E-state index contributed by atoms with van der Waals surface area (Å²) in [5.41, 5.74) is 1.32. The SMILES string of the molecule is C[C@H]1c2nc(-c3ccccc3)nn2CCN1C(=O)c1cccnn1. The van der Waals surface area contributed by atoms with Crippen molar-refractivity contribution in [3.05, 3.63) is 60.2 Å². The Morgan fingerprint density at radius 1 is 1.12 bits per heavy atom. The Morgan fingerprint density at radius 2 is 1.96 bits per heavy atom. The van der Waals surface area contributed by atoms with Crippen molar-refractivity contribution in [2.24, 2.45) is 0 Å². The van der Waals surface area contributed by atoms with Crippen LogP contribution in [0.15, 0.2) is 48.7 Å². The monoisotopic (exact) mass is 320 g/mol. The predicted molar refractivity (Wildman–Crippen MR) is 86.9 cm³/mol. The van der Waals surface area contributed by atoms with Crippen LogP contribution in [0.5, 0.6) is 0 Å². The minimum absolute atomic E-state index is 0.133. The number of carbonyl (C=O) groups is 1. The summed E-state index contributed by atoms with van der Waals surface area (Å²) in [6.07, 6.45) is 1.55. The molecule has 3 heterocycles. The van der Waals surface area contributed by atoms with Crippen molar-refractivity contribution in [1.29, 1.82) is 0 Å². The van der Waals surface area contributed by atoms with E-state index in [4.69, 9.17) is 0 Å². The molecule has 1 atom stereocenters. The minimum atomic E-state index is -0.168. The van der Waals surface area contributed by atoms with Gasteiger partial charge >= 0.3 is 0 Å². The zero-order chi connectivity index (χ0) is 16.5. The van der Waals surface area contributed by atoms with Gasteiger partial charge in [0.25, 0.3) is 5.91 Å². The van der Waals surface area contributed by atoms with E-state index in [0.29, 0.717) is 24.6 Å². The van der Waals surface area contributed by atoms with E-state index in [2.05, 4.69) is 20.3 Å². The second-order valence-corrected chi connectivity index (χ2v) is 5.67. The molecule has 1 amide bonds. The van der Waals surface area contributed by atoms with Gasteiger partial charge in [0.2, 0.25) is 0 Å². The maximum Gasteiger partial charge on any atom is 0.275 e. The Bertz CT molecular complexity index is 861. The fraction of sp³-hybridized carbons (Fsp3) is 0.235. The summed E-state index contributed by atoms with van der Waals surface area (Å²) in [5, 5.41) is 12.3. The molecule has 0 saturated carbocycles. The van der Waals surface area contributed by atoms with Gasteiger partial charge < -0.3 is 4.90 Å². The van der Waals surface area contributed by atoms with E-state index in [1.54, 1.807) is 23.2 Å². The highest BCUT2D eigenvalue weighted by Crippen LogP contribution is 2.27. The third-order valence-corrected chi connectivity index (χ3v) is 4.18. The molecule has 0 bridgehead atoms. The molecule has 1 aliphatic rings. The molecule has 4 rings (SSSR count). The first-order valence-electron chi connectivity index (χ1n) is 7.83. The number of rotatable bonds is 2. The fourth-order valence-electron chi connectivity index (χ4n) is 2.91. The number of nitrogens with zero attached hydrogens (tertiary/aromatic N) is 6. The summed E-state index contributed by atoms with van der Waals surface area (Å²) < 4.78 is 1.88. The molecule has 0 spiro atoms. The molecule has 2 aromatic heterocycles. The molecule has 0 saturated heterocycles. The van der Waals surface area contributed by atoms with Crippen LogP contribution in [0.1, 0.15) is 29.3 Å². The van der Waals surface area contributed by atoms with Crippen molar-refractivity contribution in [2.75, 3.05) is 6.54 Å². The molecule has 0 fully saturated rings. The highest BCUT2D eigenvalue weighted by molar-refractivity contribution is 5.92. The van der Waals surface area contributed by atoms with Gasteiger partial charge in [0.05, 0.1) is 12.6 Å². The summed E-state index contributed by atoms with van der Waals surface area (Å²) in [7, 11) is 0. The van der Waals surface area contributed by atoms with Crippen LogP contribution in [0, 0.1) is 0 Å². The number of hydrogen-bond donors (Lipinski definition) is 0. The van der Waals surface area contributed by atoms with Gasteiger partial charge in [0.1, 0.15) is 5.82 Å². The number of hydrogen-bond acceptors (Lipinski definition) is 5. The maximum absolute atomic E-state index is 12.7. The average Bonchev–Trinajstić information content (AvgIpc) is 3.08. The lowest BCUT2D eigenvalue weighted by Crippen LogP contribution is -2.41. The van der Waals surface area contributed by atoms with Gasteiger partial charge in [0.15, 0.2) is 11.5 Å². The number of aromatic nitrogens is 5. The van der Waals surface area contributed by atoms with Gasteiger partial charge in [-0.25, -0.2) is 9.67 Å². The van der Waals surface area contributed by atoms with E-state index in [1.165, 1.54) is 0 Å². The lowest BCUT2D eigenvalue weighted by atomic mass is 10.2. The largest absolute Gasteiger partial charge is 0.325 e. The van der Waals surface area contributed by atoms with Crippen LogP contribution in [-0.2, 0) is 6.54 Å². The zero-order valence-electron chi connectivity index (χ0n) is 13.2. The summed E-state index contributed by atoms with van der Waals surface area (Å²) >= 11 is 0. The highest BCUT2D eigenvalue weighted by Gasteiger charge is 2.31. The van der Waals surface area contributed by atoms with Crippen LogP contribution in [0.2, 0.25) is 0 Å². The normalized spacial score (nSPS) is 16.7. The molecule has 7 nitrogen and oxygen atoms in total. The smallest absolute Gasteiger partial charge is 0.275 e. The van der Waals surface area contributed by atoms with Crippen LogP contribution < -0.4 is 0 Å². The number of carbonyl (C=O) groups excluding carboxylic acids is 1. The Balaban J connectivity index is 1.64. The minimum Gasteiger partial charge on any atom is -0.325 e. The Kier molecular flexibility index (Phi) is 3.53. The number of benzene rings is 1. The second-order valence-electron chi connectivity index (χ2n) is 5.67. The van der Waals surface area contributed by atoms with Gasteiger partial charge in [-0.15, -0.1) is 5.10 Å². The van der Waals surface area contributed by atoms with E-state index in [0.717, 1.165) is 11.4 Å². The van der Waals surface area contributed by atoms with Crippen LogP contribution >= 0.6 is 0 Å². The lowest BCUT2D eigenvalue weighted by molar-refractivity contribution is 0.0623. The maximum atomic E-state index is 12.7. The zero-order valence-corrected chi connectivity index (χ0v) is 13.2. The molecule has 1 aromatic carbocycles. The molecule has 24 heavy (non-hydrogen) atoms. The standard InChI is InChI=1S/C17H16N6O/c1-12-16-19-15(13-6-3-2-4-7-13)21-23(16)11-10-22(12)17(24)14-8-5-9-18-20-14/h2-9,12H,10-11H2,1H3/t12-/m0/s1. The van der Waals surface area contributed by atoms with Gasteiger partial charge in [-0.1, -0.05) is 30.3 Å². The van der Waals surface area contributed by atoms with E-state index in [-0.39, 0.29) is 11.9 Å². The third-order valence-electron chi connectivity index (χ3n) is 4.18. The van der Waals surface area contributed by atoms with Crippen molar-refractivity contribution in [1.82, 2.24) is 29.9 Å². The van der Waals surface area contributed by atoms with Crippen LogP contribution in [-0.4, -0.2) is 42.3 Å². The molecule has 120 valence electrons. The molecule has 0 N–H and O–H groups in total. The Morgan fingerprint density at radius 3 is 2.71 bits per heavy atom. The summed E-state index contributed by atoms with van der Waals surface area (Å²) in [6.45, 7) is 3.15. The third kappa shape index (κ3) is 2.44. The fourth-order valence-corrected chi connectivity index (χ4v) is 2.91. The molecule has 7 heteroatoms. The van der Waals surface area contributed by atoms with Crippen molar-refractivity contribution in [2.45, 2.75) is 19.5 Å². The summed E-state index contributed by atoms with van der Waals surface area (Å²) in [5.74, 6) is 1.34. The Hall–Kier alpha value is -3.09. The van der Waals surface area contributed by atoms with Crippen molar-refractivity contribution < 1.29 is 4.79 Å². The van der Waals surface area contributed by atoms with Gasteiger partial charge in [-0.05, 0) is 19.1 Å². The quantitative estimate of drug-likeness (QED) is 0.721.